The van der Waals surface area contributed by atoms with E-state index in [2.05, 4.69) is 5.32 Å². The van der Waals surface area contributed by atoms with Crippen LogP contribution in [0.3, 0.4) is 0 Å². The Balaban J connectivity index is 2.33. The highest BCUT2D eigenvalue weighted by Crippen LogP contribution is 2.29. The predicted molar refractivity (Wildman–Crippen MR) is 120 cm³/mol. The number of rotatable bonds is 8. The zero-order chi connectivity index (χ0) is 22.5. The van der Waals surface area contributed by atoms with E-state index in [0.29, 0.717) is 30.0 Å². The van der Waals surface area contributed by atoms with E-state index in [9.17, 15) is 17.6 Å². The molecule has 9 heteroatoms. The molecule has 0 spiro atoms. The van der Waals surface area contributed by atoms with Crippen molar-refractivity contribution >= 4 is 45.0 Å². The second kappa shape index (κ2) is 10.1. The standard InChI is InChI=1S/C21H25ClFN3O3S/c1-5-26(6-2)30(28,29)16-9-11-20(25(3)4)19(14-16)24-21(27)12-8-15-7-10-18(23)17(22)13-15/h7-14H,5-6H2,1-4H3,(H,24,27)/b12-8+. The summed E-state index contributed by atoms with van der Waals surface area (Å²) in [7, 11) is -0.0876. The van der Waals surface area contributed by atoms with Gasteiger partial charge in [-0.25, -0.2) is 12.8 Å². The highest BCUT2D eigenvalue weighted by atomic mass is 35.5. The minimum Gasteiger partial charge on any atom is -0.376 e. The van der Waals surface area contributed by atoms with Crippen molar-refractivity contribution in [2.24, 2.45) is 0 Å². The first-order chi connectivity index (χ1) is 14.1. The second-order valence-electron chi connectivity index (χ2n) is 6.66. The van der Waals surface area contributed by atoms with E-state index in [1.807, 2.05) is 0 Å². The molecule has 30 heavy (non-hydrogen) atoms. The van der Waals surface area contributed by atoms with Gasteiger partial charge in [-0.3, -0.25) is 4.79 Å². The number of carbonyl (C=O) groups is 1. The van der Waals surface area contributed by atoms with Crippen LogP contribution < -0.4 is 10.2 Å². The molecule has 2 aromatic rings. The lowest BCUT2D eigenvalue weighted by Crippen LogP contribution is -2.30. The van der Waals surface area contributed by atoms with Gasteiger partial charge in [-0.1, -0.05) is 31.5 Å². The molecule has 0 bridgehead atoms. The van der Waals surface area contributed by atoms with Crippen LogP contribution in [-0.4, -0.2) is 45.8 Å². The first-order valence-corrected chi connectivity index (χ1v) is 11.2. The summed E-state index contributed by atoms with van der Waals surface area (Å²) in [5, 5.41) is 2.68. The van der Waals surface area contributed by atoms with Crippen LogP contribution in [0.4, 0.5) is 15.8 Å². The summed E-state index contributed by atoms with van der Waals surface area (Å²) in [5.74, 6) is -1.00. The van der Waals surface area contributed by atoms with Crippen LogP contribution in [0.15, 0.2) is 47.4 Å². The van der Waals surface area contributed by atoms with Gasteiger partial charge in [0.05, 0.1) is 21.3 Å². The van der Waals surface area contributed by atoms with Crippen LogP contribution in [0.1, 0.15) is 19.4 Å². The highest BCUT2D eigenvalue weighted by Gasteiger charge is 2.23. The van der Waals surface area contributed by atoms with Gasteiger partial charge in [0, 0.05) is 33.3 Å². The molecule has 2 rings (SSSR count). The minimum atomic E-state index is -3.67. The molecular weight excluding hydrogens is 429 g/mol. The maximum Gasteiger partial charge on any atom is 0.248 e. The van der Waals surface area contributed by atoms with Crippen molar-refractivity contribution < 1.29 is 17.6 Å². The first-order valence-electron chi connectivity index (χ1n) is 9.35. The largest absolute Gasteiger partial charge is 0.376 e. The van der Waals surface area contributed by atoms with E-state index in [0.717, 1.165) is 0 Å². The number of halogens is 2. The molecule has 0 aliphatic carbocycles. The summed E-state index contributed by atoms with van der Waals surface area (Å²) < 4.78 is 40.3. The van der Waals surface area contributed by atoms with Crippen molar-refractivity contribution in [1.29, 1.82) is 0 Å². The number of amides is 1. The molecule has 0 saturated carbocycles. The average Bonchev–Trinajstić information content (AvgIpc) is 2.69. The van der Waals surface area contributed by atoms with Crippen molar-refractivity contribution in [3.8, 4) is 0 Å². The summed E-state index contributed by atoms with van der Waals surface area (Å²) in [6.45, 7) is 4.23. The van der Waals surface area contributed by atoms with E-state index in [4.69, 9.17) is 11.6 Å². The van der Waals surface area contributed by atoms with Crippen LogP contribution in [0.5, 0.6) is 0 Å². The second-order valence-corrected chi connectivity index (χ2v) is 9.00. The zero-order valence-electron chi connectivity index (χ0n) is 17.3. The summed E-state index contributed by atoms with van der Waals surface area (Å²) in [6, 6.07) is 8.73. The molecule has 1 N–H and O–H groups in total. The molecule has 0 fully saturated rings. The Morgan fingerprint density at radius 1 is 1.13 bits per heavy atom. The lowest BCUT2D eigenvalue weighted by molar-refractivity contribution is -0.111. The molecule has 0 heterocycles. The number of nitrogens with zero attached hydrogens (tertiary/aromatic N) is 2. The number of sulfonamides is 1. The Bertz CT molecular complexity index is 1050. The van der Waals surface area contributed by atoms with E-state index in [1.54, 1.807) is 38.9 Å². The molecule has 0 atom stereocenters. The topological polar surface area (TPSA) is 69.7 Å². The van der Waals surface area contributed by atoms with Gasteiger partial charge in [0.25, 0.3) is 0 Å². The van der Waals surface area contributed by atoms with Crippen LogP contribution in [0, 0.1) is 5.82 Å². The molecule has 2 aromatic carbocycles. The average molecular weight is 454 g/mol. The van der Waals surface area contributed by atoms with Crippen molar-refractivity contribution in [2.75, 3.05) is 37.4 Å². The van der Waals surface area contributed by atoms with Crippen molar-refractivity contribution in [3.63, 3.8) is 0 Å². The fourth-order valence-electron chi connectivity index (χ4n) is 2.84. The van der Waals surface area contributed by atoms with Crippen LogP contribution in [-0.2, 0) is 14.8 Å². The first kappa shape index (κ1) is 23.9. The SMILES string of the molecule is CCN(CC)S(=O)(=O)c1ccc(N(C)C)c(NC(=O)/C=C/c2ccc(F)c(Cl)c2)c1. The molecule has 162 valence electrons. The van der Waals surface area contributed by atoms with E-state index in [1.165, 1.54) is 46.8 Å². The molecule has 6 nitrogen and oxygen atoms in total. The fraction of sp³-hybridized carbons (Fsp3) is 0.286. The summed E-state index contributed by atoms with van der Waals surface area (Å²) in [4.78, 5) is 14.3. The Kier molecular flexibility index (Phi) is 8.00. The van der Waals surface area contributed by atoms with Crippen LogP contribution in [0.25, 0.3) is 6.08 Å². The van der Waals surface area contributed by atoms with Crippen LogP contribution >= 0.6 is 11.6 Å². The number of hydrogen-bond donors (Lipinski definition) is 1. The van der Waals surface area contributed by atoms with E-state index in [-0.39, 0.29) is 9.92 Å². The van der Waals surface area contributed by atoms with Gasteiger partial charge in [0.1, 0.15) is 5.82 Å². The molecule has 0 saturated heterocycles. The van der Waals surface area contributed by atoms with Crippen LogP contribution in [0.2, 0.25) is 5.02 Å². The molecule has 0 aromatic heterocycles. The Labute approximate surface area is 182 Å². The monoisotopic (exact) mass is 453 g/mol. The number of carbonyl (C=O) groups excluding carboxylic acids is 1. The Hall–Kier alpha value is -2.42. The summed E-state index contributed by atoms with van der Waals surface area (Å²) >= 11 is 5.75. The van der Waals surface area contributed by atoms with Gasteiger partial charge in [0.2, 0.25) is 15.9 Å². The minimum absolute atomic E-state index is 0.0400. The number of benzene rings is 2. The van der Waals surface area contributed by atoms with Crippen molar-refractivity contribution in [3.05, 3.63) is 58.9 Å². The third kappa shape index (κ3) is 5.59. The Morgan fingerprint density at radius 3 is 2.37 bits per heavy atom. The molecule has 0 aliphatic rings. The van der Waals surface area contributed by atoms with Gasteiger partial charge in [0.15, 0.2) is 0 Å². The summed E-state index contributed by atoms with van der Waals surface area (Å²) in [5.41, 5.74) is 1.57. The molecule has 0 unspecified atom stereocenters. The number of anilines is 2. The molecule has 0 aliphatic heterocycles. The lowest BCUT2D eigenvalue weighted by Gasteiger charge is -2.22. The van der Waals surface area contributed by atoms with Gasteiger partial charge in [-0.2, -0.15) is 4.31 Å². The van der Waals surface area contributed by atoms with Gasteiger partial charge < -0.3 is 10.2 Å². The van der Waals surface area contributed by atoms with Crippen molar-refractivity contribution in [2.45, 2.75) is 18.7 Å². The number of nitrogens with one attached hydrogen (secondary N) is 1. The highest BCUT2D eigenvalue weighted by molar-refractivity contribution is 7.89. The summed E-state index contributed by atoms with van der Waals surface area (Å²) in [6.07, 6.45) is 2.76. The predicted octanol–water partition coefficient (Wildman–Crippen LogP) is 4.23. The third-order valence-electron chi connectivity index (χ3n) is 4.42. The zero-order valence-corrected chi connectivity index (χ0v) is 18.9. The lowest BCUT2D eigenvalue weighted by atomic mass is 10.2. The smallest absolute Gasteiger partial charge is 0.248 e. The number of hydrogen-bond acceptors (Lipinski definition) is 4. The molecule has 0 radical (unpaired) electrons. The Morgan fingerprint density at radius 2 is 1.80 bits per heavy atom. The van der Waals surface area contributed by atoms with E-state index < -0.39 is 21.7 Å². The van der Waals surface area contributed by atoms with Gasteiger partial charge in [-0.15, -0.1) is 0 Å². The van der Waals surface area contributed by atoms with Crippen molar-refractivity contribution in [1.82, 2.24) is 4.31 Å². The molecule has 1 amide bonds. The maximum atomic E-state index is 13.3. The quantitative estimate of drug-likeness (QED) is 0.607. The maximum absolute atomic E-state index is 13.3. The third-order valence-corrected chi connectivity index (χ3v) is 6.76. The van der Waals surface area contributed by atoms with E-state index >= 15 is 0 Å². The van der Waals surface area contributed by atoms with Gasteiger partial charge in [-0.05, 0) is 42.0 Å². The molecular formula is C21H25ClFN3O3S. The fourth-order valence-corrected chi connectivity index (χ4v) is 4.51. The normalized spacial score (nSPS) is 11.8. The van der Waals surface area contributed by atoms with Gasteiger partial charge >= 0.3 is 0 Å².